The number of sulfonamides is 1. The van der Waals surface area contributed by atoms with Gasteiger partial charge in [-0.25, -0.2) is 13.4 Å². The van der Waals surface area contributed by atoms with Gasteiger partial charge in [-0.2, -0.15) is 0 Å². The summed E-state index contributed by atoms with van der Waals surface area (Å²) in [5, 5.41) is 2.99. The minimum absolute atomic E-state index is 0.237. The first kappa shape index (κ1) is 16.9. The monoisotopic (exact) mass is 365 g/mol. The number of carbonyl (C=O) groups is 1. The van der Waals surface area contributed by atoms with E-state index in [1.165, 1.54) is 0 Å². The van der Waals surface area contributed by atoms with Gasteiger partial charge in [0.25, 0.3) is 0 Å². The second-order valence-corrected chi connectivity index (χ2v) is 8.50. The number of carbonyl (C=O) groups excluding carboxylic acids is 1. The number of amides is 1. The van der Waals surface area contributed by atoms with Crippen LogP contribution < -0.4 is 4.72 Å². The van der Waals surface area contributed by atoms with Gasteiger partial charge in [-0.3, -0.25) is 9.52 Å². The van der Waals surface area contributed by atoms with E-state index in [2.05, 4.69) is 9.71 Å². The molecule has 1 amide bonds. The third kappa shape index (κ3) is 4.33. The Kier molecular flexibility index (Phi) is 4.86. The van der Waals surface area contributed by atoms with Gasteiger partial charge >= 0.3 is 0 Å². The second-order valence-electron chi connectivity index (χ2n) is 5.81. The van der Waals surface area contributed by atoms with Crippen molar-refractivity contribution in [3.8, 4) is 11.3 Å². The van der Waals surface area contributed by atoms with Gasteiger partial charge in [-0.05, 0) is 18.6 Å². The molecule has 2 heterocycles. The molecule has 0 bridgehead atoms. The van der Waals surface area contributed by atoms with Crippen LogP contribution in [0.15, 0.2) is 29.6 Å². The summed E-state index contributed by atoms with van der Waals surface area (Å²) in [6, 6.07) is 7.13. The average molecular weight is 365 g/mol. The maximum Gasteiger partial charge on any atom is 0.229 e. The van der Waals surface area contributed by atoms with E-state index in [0.717, 1.165) is 48.5 Å². The van der Waals surface area contributed by atoms with Gasteiger partial charge in [0.2, 0.25) is 15.9 Å². The van der Waals surface area contributed by atoms with Crippen LogP contribution in [0.1, 0.15) is 17.8 Å². The van der Waals surface area contributed by atoms with Crippen LogP contribution in [0.5, 0.6) is 0 Å². The summed E-state index contributed by atoms with van der Waals surface area (Å²) < 4.78 is 24.9. The Hall–Kier alpha value is -1.93. The molecular formula is C16H19N3O3S2. The number of likely N-dealkylation sites (tertiary alicyclic amines) is 1. The van der Waals surface area contributed by atoms with E-state index in [-0.39, 0.29) is 5.91 Å². The molecule has 1 aromatic heterocycles. The molecule has 0 saturated carbocycles. The molecule has 3 rings (SSSR count). The number of aromatic nitrogens is 1. The van der Waals surface area contributed by atoms with Crippen molar-refractivity contribution in [3.05, 3.63) is 34.7 Å². The fraction of sp³-hybridized carbons (Fsp3) is 0.375. The zero-order valence-corrected chi connectivity index (χ0v) is 15.0. The molecule has 1 aromatic carbocycles. The van der Waals surface area contributed by atoms with Crippen molar-refractivity contribution in [1.82, 2.24) is 9.88 Å². The molecule has 1 aliphatic heterocycles. The first-order valence-corrected chi connectivity index (χ1v) is 10.5. The van der Waals surface area contributed by atoms with Gasteiger partial charge in [0.15, 0.2) is 0 Å². The Balaban J connectivity index is 1.63. The molecule has 2 aromatic rings. The topological polar surface area (TPSA) is 79.4 Å². The lowest BCUT2D eigenvalue weighted by atomic mass is 10.1. The molecule has 1 fully saturated rings. The minimum Gasteiger partial charge on any atom is -0.342 e. The number of nitrogens with one attached hydrogen (secondary N) is 1. The molecule has 24 heavy (non-hydrogen) atoms. The first-order valence-electron chi connectivity index (χ1n) is 7.71. The minimum atomic E-state index is -3.27. The van der Waals surface area contributed by atoms with Crippen molar-refractivity contribution in [1.29, 1.82) is 0 Å². The van der Waals surface area contributed by atoms with E-state index in [0.29, 0.717) is 12.1 Å². The van der Waals surface area contributed by atoms with Gasteiger partial charge in [0.1, 0.15) is 0 Å². The Morgan fingerprint density at radius 2 is 2.04 bits per heavy atom. The van der Waals surface area contributed by atoms with Gasteiger partial charge in [0, 0.05) is 42.6 Å². The summed E-state index contributed by atoms with van der Waals surface area (Å²) in [7, 11) is -3.27. The second kappa shape index (κ2) is 6.90. The zero-order chi connectivity index (χ0) is 17.2. The predicted octanol–water partition coefficient (Wildman–Crippen LogP) is 2.35. The van der Waals surface area contributed by atoms with Crippen LogP contribution in [0, 0.1) is 0 Å². The molecular weight excluding hydrogens is 346 g/mol. The normalized spacial score (nSPS) is 15.0. The largest absolute Gasteiger partial charge is 0.342 e. The summed E-state index contributed by atoms with van der Waals surface area (Å²) >= 11 is 1.58. The van der Waals surface area contributed by atoms with Crippen molar-refractivity contribution >= 4 is 33.0 Å². The number of rotatable bonds is 6. The quantitative estimate of drug-likeness (QED) is 0.852. The third-order valence-electron chi connectivity index (χ3n) is 3.80. The highest BCUT2D eigenvalue weighted by molar-refractivity contribution is 7.92. The number of benzene rings is 1. The van der Waals surface area contributed by atoms with Gasteiger partial charge in [-0.15, -0.1) is 11.3 Å². The summed E-state index contributed by atoms with van der Waals surface area (Å²) in [4.78, 5) is 18.1. The van der Waals surface area contributed by atoms with Crippen LogP contribution in [-0.4, -0.2) is 43.6 Å². The lowest BCUT2D eigenvalue weighted by Gasteiger charge is -2.13. The van der Waals surface area contributed by atoms with E-state index in [1.807, 2.05) is 22.4 Å². The van der Waals surface area contributed by atoms with Crippen molar-refractivity contribution in [2.75, 3.05) is 24.1 Å². The Morgan fingerprint density at radius 1 is 1.29 bits per heavy atom. The highest BCUT2D eigenvalue weighted by Crippen LogP contribution is 2.24. The maximum absolute atomic E-state index is 11.6. The fourth-order valence-electron chi connectivity index (χ4n) is 2.65. The van der Waals surface area contributed by atoms with Crippen LogP contribution in [0.4, 0.5) is 5.69 Å². The molecule has 1 saturated heterocycles. The molecule has 0 atom stereocenters. The van der Waals surface area contributed by atoms with E-state index in [4.69, 9.17) is 0 Å². The van der Waals surface area contributed by atoms with Crippen LogP contribution in [-0.2, 0) is 21.2 Å². The van der Waals surface area contributed by atoms with Crippen molar-refractivity contribution in [2.45, 2.75) is 19.3 Å². The highest BCUT2D eigenvalue weighted by atomic mass is 32.2. The summed E-state index contributed by atoms with van der Waals surface area (Å²) in [6.45, 7) is 1.58. The highest BCUT2D eigenvalue weighted by Gasteiger charge is 2.19. The number of anilines is 1. The standard InChI is InChI=1S/C16H19N3O3S2/c1-24(21,22)18-13-6-4-12(5-7-13)14-11-23-15(17-14)8-10-19-9-2-3-16(19)20/h4-7,11,18H,2-3,8-10H2,1H3. The molecule has 0 aliphatic carbocycles. The summed E-state index contributed by atoms with van der Waals surface area (Å²) in [6.07, 6.45) is 3.51. The van der Waals surface area contributed by atoms with E-state index in [9.17, 15) is 13.2 Å². The average Bonchev–Trinajstić information content (AvgIpc) is 3.13. The van der Waals surface area contributed by atoms with Gasteiger partial charge in [-0.1, -0.05) is 12.1 Å². The number of thiazole rings is 1. The Morgan fingerprint density at radius 3 is 2.67 bits per heavy atom. The van der Waals surface area contributed by atoms with Crippen molar-refractivity contribution in [2.24, 2.45) is 0 Å². The Labute approximate surface area is 145 Å². The van der Waals surface area contributed by atoms with Crippen LogP contribution in [0.2, 0.25) is 0 Å². The summed E-state index contributed by atoms with van der Waals surface area (Å²) in [5.74, 6) is 0.237. The fourth-order valence-corrected chi connectivity index (χ4v) is 4.01. The smallest absolute Gasteiger partial charge is 0.229 e. The molecule has 8 heteroatoms. The molecule has 6 nitrogen and oxygen atoms in total. The number of hydrogen-bond acceptors (Lipinski definition) is 5. The Bertz CT molecular complexity index is 829. The van der Waals surface area contributed by atoms with Gasteiger partial charge in [0.05, 0.1) is 17.0 Å². The van der Waals surface area contributed by atoms with Crippen molar-refractivity contribution in [3.63, 3.8) is 0 Å². The van der Waals surface area contributed by atoms with E-state index >= 15 is 0 Å². The maximum atomic E-state index is 11.6. The molecule has 0 spiro atoms. The van der Waals surface area contributed by atoms with E-state index < -0.39 is 10.0 Å². The number of nitrogens with zero attached hydrogens (tertiary/aromatic N) is 2. The van der Waals surface area contributed by atoms with Crippen LogP contribution in [0.3, 0.4) is 0 Å². The third-order valence-corrected chi connectivity index (χ3v) is 5.32. The predicted molar refractivity (Wildman–Crippen MR) is 95.5 cm³/mol. The molecule has 1 N–H and O–H groups in total. The molecule has 0 radical (unpaired) electrons. The summed E-state index contributed by atoms with van der Waals surface area (Å²) in [5.41, 5.74) is 2.34. The van der Waals surface area contributed by atoms with Crippen LogP contribution in [0.25, 0.3) is 11.3 Å². The lowest BCUT2D eigenvalue weighted by Crippen LogP contribution is -2.26. The number of hydrogen-bond donors (Lipinski definition) is 1. The molecule has 128 valence electrons. The van der Waals surface area contributed by atoms with Crippen LogP contribution >= 0.6 is 11.3 Å². The van der Waals surface area contributed by atoms with Gasteiger partial charge < -0.3 is 4.90 Å². The molecule has 1 aliphatic rings. The first-order chi connectivity index (χ1) is 11.4. The zero-order valence-electron chi connectivity index (χ0n) is 13.4. The van der Waals surface area contributed by atoms with E-state index in [1.54, 1.807) is 23.5 Å². The molecule has 0 unspecified atom stereocenters. The van der Waals surface area contributed by atoms with Crippen molar-refractivity contribution < 1.29 is 13.2 Å². The lowest BCUT2D eigenvalue weighted by molar-refractivity contribution is -0.127. The SMILES string of the molecule is CS(=O)(=O)Nc1ccc(-c2csc(CCN3CCCC3=O)n2)cc1.